The molecule has 7 nitrogen and oxygen atoms in total. The van der Waals surface area contributed by atoms with Crippen molar-refractivity contribution in [1.29, 1.82) is 0 Å². The average Bonchev–Trinajstić information content (AvgIpc) is 3.23. The standard InChI is InChI=1S/C23H26N2O5/c1-4-29-23(28)22-16(3)25(14-20(26)24-13-18-9-6-10-30-18)21(27)12-19(22)17-8-5-7-15(2)11-17/h5-11,19H,4,12-14H2,1-3H3,(H,24,26). The summed E-state index contributed by atoms with van der Waals surface area (Å²) in [5, 5.41) is 2.73. The van der Waals surface area contributed by atoms with Crippen LogP contribution < -0.4 is 5.32 Å². The molecule has 1 atom stereocenters. The van der Waals surface area contributed by atoms with Gasteiger partial charge in [0.2, 0.25) is 11.8 Å². The van der Waals surface area contributed by atoms with Crippen LogP contribution >= 0.6 is 0 Å². The molecule has 158 valence electrons. The summed E-state index contributed by atoms with van der Waals surface area (Å²) in [4.78, 5) is 39.4. The topological polar surface area (TPSA) is 88.8 Å². The van der Waals surface area contributed by atoms with E-state index in [0.717, 1.165) is 11.1 Å². The number of carbonyl (C=O) groups excluding carboxylic acids is 3. The van der Waals surface area contributed by atoms with Crippen LogP contribution in [-0.2, 0) is 25.7 Å². The summed E-state index contributed by atoms with van der Waals surface area (Å²) in [7, 11) is 0. The van der Waals surface area contributed by atoms with Crippen molar-refractivity contribution < 1.29 is 23.5 Å². The van der Waals surface area contributed by atoms with E-state index >= 15 is 0 Å². The van der Waals surface area contributed by atoms with Crippen LogP contribution in [0.1, 0.15) is 43.1 Å². The second-order valence-corrected chi connectivity index (χ2v) is 7.23. The molecule has 2 heterocycles. The monoisotopic (exact) mass is 410 g/mol. The minimum Gasteiger partial charge on any atom is -0.467 e. The number of amides is 2. The van der Waals surface area contributed by atoms with Crippen LogP contribution in [0, 0.1) is 6.92 Å². The zero-order valence-electron chi connectivity index (χ0n) is 17.4. The lowest BCUT2D eigenvalue weighted by atomic mass is 9.83. The van der Waals surface area contributed by atoms with Crippen LogP contribution in [0.4, 0.5) is 0 Å². The number of aryl methyl sites for hydroxylation is 1. The molecule has 1 aromatic carbocycles. The Hall–Kier alpha value is -3.35. The van der Waals surface area contributed by atoms with Crippen LogP contribution in [0.15, 0.2) is 58.3 Å². The van der Waals surface area contributed by atoms with Gasteiger partial charge in [0.25, 0.3) is 0 Å². The summed E-state index contributed by atoms with van der Waals surface area (Å²) >= 11 is 0. The van der Waals surface area contributed by atoms with Gasteiger partial charge in [0.15, 0.2) is 0 Å². The van der Waals surface area contributed by atoms with E-state index in [1.54, 1.807) is 26.0 Å². The Morgan fingerprint density at radius 1 is 1.23 bits per heavy atom. The van der Waals surface area contributed by atoms with Gasteiger partial charge in [-0.15, -0.1) is 0 Å². The molecule has 1 aliphatic heterocycles. The Morgan fingerprint density at radius 3 is 2.70 bits per heavy atom. The van der Waals surface area contributed by atoms with Crippen molar-refractivity contribution in [3.8, 4) is 0 Å². The maximum absolute atomic E-state index is 12.9. The first-order valence-electron chi connectivity index (χ1n) is 9.94. The predicted octanol–water partition coefficient (Wildman–Crippen LogP) is 3.06. The van der Waals surface area contributed by atoms with Crippen molar-refractivity contribution in [2.45, 2.75) is 39.7 Å². The van der Waals surface area contributed by atoms with Gasteiger partial charge in [-0.1, -0.05) is 29.8 Å². The number of rotatable bonds is 7. The number of benzene rings is 1. The molecule has 1 N–H and O–H groups in total. The summed E-state index contributed by atoms with van der Waals surface area (Å²) in [6, 6.07) is 11.2. The first-order valence-corrected chi connectivity index (χ1v) is 9.94. The summed E-state index contributed by atoms with van der Waals surface area (Å²) in [6.45, 7) is 5.68. The highest BCUT2D eigenvalue weighted by Gasteiger charge is 2.37. The van der Waals surface area contributed by atoms with E-state index in [1.807, 2.05) is 31.2 Å². The second-order valence-electron chi connectivity index (χ2n) is 7.23. The Balaban J connectivity index is 1.86. The van der Waals surface area contributed by atoms with Gasteiger partial charge < -0.3 is 19.4 Å². The van der Waals surface area contributed by atoms with Crippen molar-refractivity contribution in [3.63, 3.8) is 0 Å². The molecule has 0 bridgehead atoms. The van der Waals surface area contributed by atoms with Crippen LogP contribution in [0.5, 0.6) is 0 Å². The molecule has 0 fully saturated rings. The number of nitrogens with zero attached hydrogens (tertiary/aromatic N) is 1. The molecule has 0 spiro atoms. The molecule has 7 heteroatoms. The van der Waals surface area contributed by atoms with E-state index in [-0.39, 0.29) is 37.9 Å². The number of ether oxygens (including phenoxy) is 1. The highest BCUT2D eigenvalue weighted by molar-refractivity contribution is 5.97. The molecule has 2 aromatic rings. The fourth-order valence-electron chi connectivity index (χ4n) is 3.65. The van der Waals surface area contributed by atoms with Gasteiger partial charge in [0.05, 0.1) is 25.0 Å². The lowest BCUT2D eigenvalue weighted by Crippen LogP contribution is -2.44. The molecule has 3 rings (SSSR count). The van der Waals surface area contributed by atoms with Gasteiger partial charge in [0.1, 0.15) is 12.3 Å². The number of furan rings is 1. The molecular weight excluding hydrogens is 384 g/mol. The zero-order valence-corrected chi connectivity index (χ0v) is 17.4. The van der Waals surface area contributed by atoms with E-state index in [0.29, 0.717) is 17.0 Å². The van der Waals surface area contributed by atoms with E-state index < -0.39 is 11.9 Å². The summed E-state index contributed by atoms with van der Waals surface area (Å²) in [6.07, 6.45) is 1.62. The van der Waals surface area contributed by atoms with Crippen LogP contribution in [0.2, 0.25) is 0 Å². The van der Waals surface area contributed by atoms with Crippen molar-refractivity contribution in [3.05, 3.63) is 70.8 Å². The number of carbonyl (C=O) groups is 3. The number of hydrogen-bond donors (Lipinski definition) is 1. The Bertz CT molecular complexity index is 962. The quantitative estimate of drug-likeness (QED) is 0.709. The van der Waals surface area contributed by atoms with E-state index in [4.69, 9.17) is 9.15 Å². The molecule has 1 aliphatic rings. The number of nitrogens with one attached hydrogen (secondary N) is 1. The van der Waals surface area contributed by atoms with Crippen LogP contribution in [0.25, 0.3) is 0 Å². The molecular formula is C23H26N2O5. The van der Waals surface area contributed by atoms with Crippen molar-refractivity contribution in [2.24, 2.45) is 0 Å². The minimum atomic E-state index is -0.463. The first-order chi connectivity index (χ1) is 14.4. The lowest BCUT2D eigenvalue weighted by molar-refractivity contribution is -0.141. The third kappa shape index (κ3) is 4.79. The Morgan fingerprint density at radius 2 is 2.03 bits per heavy atom. The Kier molecular flexibility index (Phi) is 6.72. The van der Waals surface area contributed by atoms with Crippen molar-refractivity contribution >= 4 is 17.8 Å². The van der Waals surface area contributed by atoms with E-state index in [1.165, 1.54) is 11.2 Å². The third-order valence-electron chi connectivity index (χ3n) is 5.10. The van der Waals surface area contributed by atoms with Gasteiger partial charge in [0, 0.05) is 18.0 Å². The fraction of sp³-hybridized carbons (Fsp3) is 0.348. The lowest BCUT2D eigenvalue weighted by Gasteiger charge is -2.34. The summed E-state index contributed by atoms with van der Waals surface area (Å²) in [5.74, 6) is -0.794. The van der Waals surface area contributed by atoms with Gasteiger partial charge >= 0.3 is 5.97 Å². The van der Waals surface area contributed by atoms with Gasteiger partial charge in [-0.3, -0.25) is 9.59 Å². The minimum absolute atomic E-state index is 0.0976. The highest BCUT2D eigenvalue weighted by Crippen LogP contribution is 2.37. The molecule has 30 heavy (non-hydrogen) atoms. The largest absolute Gasteiger partial charge is 0.467 e. The molecule has 0 aliphatic carbocycles. The summed E-state index contributed by atoms with van der Waals surface area (Å²) < 4.78 is 10.5. The fourth-order valence-corrected chi connectivity index (χ4v) is 3.65. The highest BCUT2D eigenvalue weighted by atomic mass is 16.5. The van der Waals surface area contributed by atoms with E-state index in [9.17, 15) is 14.4 Å². The first kappa shape index (κ1) is 21.4. The van der Waals surface area contributed by atoms with Crippen molar-refractivity contribution in [2.75, 3.05) is 13.2 Å². The van der Waals surface area contributed by atoms with Crippen molar-refractivity contribution in [1.82, 2.24) is 10.2 Å². The average molecular weight is 410 g/mol. The normalized spacial score (nSPS) is 16.6. The molecule has 0 saturated carbocycles. The Labute approximate surface area is 175 Å². The third-order valence-corrected chi connectivity index (χ3v) is 5.10. The maximum Gasteiger partial charge on any atom is 0.336 e. The number of esters is 1. The molecule has 0 saturated heterocycles. The molecule has 0 radical (unpaired) electrons. The predicted molar refractivity (Wildman–Crippen MR) is 110 cm³/mol. The second kappa shape index (κ2) is 9.43. The molecule has 2 amide bonds. The maximum atomic E-state index is 12.9. The zero-order chi connectivity index (χ0) is 21.7. The number of hydrogen-bond acceptors (Lipinski definition) is 5. The summed E-state index contributed by atoms with van der Waals surface area (Å²) in [5.41, 5.74) is 2.79. The smallest absolute Gasteiger partial charge is 0.336 e. The SMILES string of the molecule is CCOC(=O)C1=C(C)N(CC(=O)NCc2ccco2)C(=O)CC1c1cccc(C)c1. The van der Waals surface area contributed by atoms with Gasteiger partial charge in [-0.25, -0.2) is 4.79 Å². The van der Waals surface area contributed by atoms with Gasteiger partial charge in [-0.2, -0.15) is 0 Å². The van der Waals surface area contributed by atoms with Crippen LogP contribution in [0.3, 0.4) is 0 Å². The van der Waals surface area contributed by atoms with Gasteiger partial charge in [-0.05, 0) is 38.5 Å². The number of allylic oxidation sites excluding steroid dienone is 1. The van der Waals surface area contributed by atoms with E-state index in [2.05, 4.69) is 5.32 Å². The van der Waals surface area contributed by atoms with Crippen LogP contribution in [-0.4, -0.2) is 35.8 Å². The molecule has 1 aromatic heterocycles. The molecule has 1 unspecified atom stereocenters.